The number of halogens is 2. The van der Waals surface area contributed by atoms with E-state index in [9.17, 15) is 0 Å². The predicted molar refractivity (Wildman–Crippen MR) is 91.7 cm³/mol. The molecule has 1 N–H and O–H groups in total. The second-order valence-electron chi connectivity index (χ2n) is 4.49. The van der Waals surface area contributed by atoms with E-state index in [1.54, 1.807) is 11.8 Å². The number of hydrogen-bond acceptors (Lipinski definition) is 2. The summed E-state index contributed by atoms with van der Waals surface area (Å²) in [5, 5.41) is 4.19. The van der Waals surface area contributed by atoms with Gasteiger partial charge in [-0.05, 0) is 54.9 Å². The SMILES string of the molecule is CCCNCc1ccc(Sc2ccc(Cl)cc2)cc1Br. The lowest BCUT2D eigenvalue weighted by Gasteiger charge is -2.08. The molecule has 1 nitrogen and oxygen atoms in total. The smallest absolute Gasteiger partial charge is 0.0406 e. The first-order valence-electron chi connectivity index (χ1n) is 6.61. The van der Waals surface area contributed by atoms with Crippen molar-refractivity contribution in [3.63, 3.8) is 0 Å². The molecule has 0 aliphatic heterocycles. The summed E-state index contributed by atoms with van der Waals surface area (Å²) in [5.41, 5.74) is 1.29. The Balaban J connectivity index is 2.03. The molecule has 4 heteroatoms. The van der Waals surface area contributed by atoms with Crippen LogP contribution in [-0.2, 0) is 6.54 Å². The lowest BCUT2D eigenvalue weighted by Crippen LogP contribution is -2.14. The second-order valence-corrected chi connectivity index (χ2v) is 6.92. The van der Waals surface area contributed by atoms with Crippen molar-refractivity contribution in [2.24, 2.45) is 0 Å². The molecule has 0 amide bonds. The fraction of sp³-hybridized carbons (Fsp3) is 0.250. The molecule has 0 aliphatic rings. The van der Waals surface area contributed by atoms with Crippen LogP contribution in [-0.4, -0.2) is 6.54 Å². The van der Waals surface area contributed by atoms with Gasteiger partial charge in [-0.15, -0.1) is 0 Å². The van der Waals surface area contributed by atoms with Gasteiger partial charge in [0.1, 0.15) is 0 Å². The zero-order chi connectivity index (χ0) is 14.4. The fourth-order valence-electron chi connectivity index (χ4n) is 1.77. The average Bonchev–Trinajstić information content (AvgIpc) is 2.44. The number of rotatable bonds is 6. The largest absolute Gasteiger partial charge is 0.313 e. The third kappa shape index (κ3) is 4.81. The molecule has 0 radical (unpaired) electrons. The molecule has 0 spiro atoms. The van der Waals surface area contributed by atoms with Gasteiger partial charge in [0.05, 0.1) is 0 Å². The van der Waals surface area contributed by atoms with Gasteiger partial charge in [-0.25, -0.2) is 0 Å². The third-order valence-electron chi connectivity index (χ3n) is 2.82. The van der Waals surface area contributed by atoms with Gasteiger partial charge >= 0.3 is 0 Å². The second kappa shape index (κ2) is 8.08. The Morgan fingerprint density at radius 2 is 1.80 bits per heavy atom. The lowest BCUT2D eigenvalue weighted by molar-refractivity contribution is 0.673. The van der Waals surface area contributed by atoms with Crippen molar-refractivity contribution in [3.8, 4) is 0 Å². The summed E-state index contributed by atoms with van der Waals surface area (Å²) in [5.74, 6) is 0. The van der Waals surface area contributed by atoms with E-state index >= 15 is 0 Å². The van der Waals surface area contributed by atoms with Crippen molar-refractivity contribution in [2.45, 2.75) is 29.7 Å². The lowest BCUT2D eigenvalue weighted by atomic mass is 10.2. The fourth-order valence-corrected chi connectivity index (χ4v) is 3.43. The minimum absolute atomic E-state index is 0.771. The van der Waals surface area contributed by atoms with E-state index in [4.69, 9.17) is 11.6 Å². The molecule has 0 unspecified atom stereocenters. The third-order valence-corrected chi connectivity index (χ3v) is 4.80. The molecule has 106 valence electrons. The molecule has 2 aromatic carbocycles. The van der Waals surface area contributed by atoms with E-state index in [2.05, 4.69) is 46.4 Å². The Morgan fingerprint density at radius 3 is 2.45 bits per heavy atom. The predicted octanol–water partition coefficient (Wildman–Crippen LogP) is 5.75. The first kappa shape index (κ1) is 15.9. The van der Waals surface area contributed by atoms with Crippen LogP contribution in [0, 0.1) is 0 Å². The minimum atomic E-state index is 0.771. The number of nitrogens with one attached hydrogen (secondary N) is 1. The standard InChI is InChI=1S/C16H17BrClNS/c1-2-9-19-11-12-3-6-15(10-16(12)17)20-14-7-4-13(18)5-8-14/h3-8,10,19H,2,9,11H2,1H3. The highest BCUT2D eigenvalue weighted by Crippen LogP contribution is 2.31. The number of hydrogen-bond donors (Lipinski definition) is 1. The van der Waals surface area contributed by atoms with Crippen molar-refractivity contribution in [1.82, 2.24) is 5.32 Å². The monoisotopic (exact) mass is 369 g/mol. The summed E-state index contributed by atoms with van der Waals surface area (Å²) in [6.07, 6.45) is 1.15. The highest BCUT2D eigenvalue weighted by molar-refractivity contribution is 9.10. The molecule has 0 fully saturated rings. The van der Waals surface area contributed by atoms with E-state index in [0.717, 1.165) is 29.0 Å². The summed E-state index contributed by atoms with van der Waals surface area (Å²) < 4.78 is 1.15. The highest BCUT2D eigenvalue weighted by atomic mass is 79.9. The van der Waals surface area contributed by atoms with Crippen molar-refractivity contribution in [2.75, 3.05) is 6.54 Å². The van der Waals surface area contributed by atoms with Gasteiger partial charge in [0, 0.05) is 25.8 Å². The van der Waals surface area contributed by atoms with Crippen molar-refractivity contribution < 1.29 is 0 Å². The van der Waals surface area contributed by atoms with Gasteiger partial charge in [0.25, 0.3) is 0 Å². The molecule has 0 bridgehead atoms. The van der Waals surface area contributed by atoms with Gasteiger partial charge in [0.2, 0.25) is 0 Å². The minimum Gasteiger partial charge on any atom is -0.313 e. The van der Waals surface area contributed by atoms with E-state index in [-0.39, 0.29) is 0 Å². The van der Waals surface area contributed by atoms with Gasteiger partial charge in [-0.1, -0.05) is 52.3 Å². The van der Waals surface area contributed by atoms with Crippen LogP contribution in [0.5, 0.6) is 0 Å². The van der Waals surface area contributed by atoms with Crippen LogP contribution in [0.4, 0.5) is 0 Å². The van der Waals surface area contributed by atoms with Gasteiger partial charge < -0.3 is 5.32 Å². The van der Waals surface area contributed by atoms with Gasteiger partial charge in [0.15, 0.2) is 0 Å². The Morgan fingerprint density at radius 1 is 1.10 bits per heavy atom. The van der Waals surface area contributed by atoms with Crippen molar-refractivity contribution in [3.05, 3.63) is 57.5 Å². The maximum Gasteiger partial charge on any atom is 0.0406 e. The molecule has 0 atom stereocenters. The number of benzene rings is 2. The summed E-state index contributed by atoms with van der Waals surface area (Å²) in [6, 6.07) is 14.4. The maximum absolute atomic E-state index is 5.90. The first-order valence-corrected chi connectivity index (χ1v) is 8.60. The zero-order valence-electron chi connectivity index (χ0n) is 11.3. The van der Waals surface area contributed by atoms with E-state index in [0.29, 0.717) is 0 Å². The van der Waals surface area contributed by atoms with Crippen molar-refractivity contribution in [1.29, 1.82) is 0 Å². The van der Waals surface area contributed by atoms with Crippen LogP contribution in [0.25, 0.3) is 0 Å². The van der Waals surface area contributed by atoms with Crippen LogP contribution >= 0.6 is 39.3 Å². The molecule has 0 aliphatic carbocycles. The highest BCUT2D eigenvalue weighted by Gasteiger charge is 2.03. The van der Waals surface area contributed by atoms with Crippen LogP contribution in [0.2, 0.25) is 5.02 Å². The molecule has 0 saturated carbocycles. The molecule has 2 rings (SSSR count). The summed E-state index contributed by atoms with van der Waals surface area (Å²) in [4.78, 5) is 2.41. The van der Waals surface area contributed by atoms with Gasteiger partial charge in [-0.2, -0.15) is 0 Å². The maximum atomic E-state index is 5.90. The van der Waals surface area contributed by atoms with Gasteiger partial charge in [-0.3, -0.25) is 0 Å². The van der Waals surface area contributed by atoms with Crippen LogP contribution < -0.4 is 5.32 Å². The van der Waals surface area contributed by atoms with E-state index in [1.807, 2.05) is 24.3 Å². The zero-order valence-corrected chi connectivity index (χ0v) is 14.5. The molecular formula is C16H17BrClNS. The first-order chi connectivity index (χ1) is 9.69. The topological polar surface area (TPSA) is 12.0 Å². The van der Waals surface area contributed by atoms with Crippen LogP contribution in [0.3, 0.4) is 0 Å². The van der Waals surface area contributed by atoms with E-state index in [1.165, 1.54) is 15.4 Å². The van der Waals surface area contributed by atoms with Crippen LogP contribution in [0.1, 0.15) is 18.9 Å². The van der Waals surface area contributed by atoms with E-state index < -0.39 is 0 Å². The summed E-state index contributed by atoms with van der Waals surface area (Å²) in [7, 11) is 0. The summed E-state index contributed by atoms with van der Waals surface area (Å²) in [6.45, 7) is 4.13. The Labute approximate surface area is 138 Å². The molecule has 0 aromatic heterocycles. The Kier molecular flexibility index (Phi) is 6.43. The van der Waals surface area contributed by atoms with Crippen LogP contribution in [0.15, 0.2) is 56.7 Å². The molecular weight excluding hydrogens is 354 g/mol. The normalized spacial score (nSPS) is 10.8. The molecule has 0 heterocycles. The Hall–Kier alpha value is -0.480. The average molecular weight is 371 g/mol. The van der Waals surface area contributed by atoms with Crippen molar-refractivity contribution >= 4 is 39.3 Å². The Bertz CT molecular complexity index is 557. The molecule has 2 aromatic rings. The molecule has 0 saturated heterocycles. The quantitative estimate of drug-likeness (QED) is 0.649. The molecule has 20 heavy (non-hydrogen) atoms. The summed E-state index contributed by atoms with van der Waals surface area (Å²) >= 11 is 11.3.